The number of aryl methyl sites for hydroxylation is 1. The molecule has 1 unspecified atom stereocenters. The minimum Gasteiger partial charge on any atom is -0.503 e. The Morgan fingerprint density at radius 2 is 1.57 bits per heavy atom. The zero-order chi connectivity index (χ0) is 26.3. The van der Waals surface area contributed by atoms with Crippen molar-refractivity contribution in [3.8, 4) is 17.2 Å². The monoisotopic (exact) mass is 499 g/mol. The third-order valence-electron chi connectivity index (χ3n) is 6.42. The quantitative estimate of drug-likeness (QED) is 0.333. The van der Waals surface area contributed by atoms with Gasteiger partial charge in [-0.1, -0.05) is 35.9 Å². The molecule has 1 amide bonds. The van der Waals surface area contributed by atoms with E-state index in [1.807, 2.05) is 31.2 Å². The average Bonchev–Trinajstić information content (AvgIpc) is 3.47. The van der Waals surface area contributed by atoms with Crippen molar-refractivity contribution in [2.45, 2.75) is 13.0 Å². The summed E-state index contributed by atoms with van der Waals surface area (Å²) in [5.74, 6) is -0.899. The maximum atomic E-state index is 13.8. The van der Waals surface area contributed by atoms with Crippen molar-refractivity contribution >= 4 is 28.3 Å². The molecule has 0 saturated heterocycles. The topological polar surface area (TPSA) is 98.4 Å². The highest BCUT2D eigenvalue weighted by Gasteiger charge is 2.46. The predicted octanol–water partition coefficient (Wildman–Crippen LogP) is 5.55. The summed E-state index contributed by atoms with van der Waals surface area (Å²) < 4.78 is 22.3. The van der Waals surface area contributed by atoms with Crippen LogP contribution in [0.5, 0.6) is 17.2 Å². The minimum atomic E-state index is -0.996. The molecule has 0 radical (unpaired) electrons. The lowest BCUT2D eigenvalue weighted by Gasteiger charge is -2.28. The van der Waals surface area contributed by atoms with Crippen LogP contribution in [0.2, 0.25) is 0 Å². The van der Waals surface area contributed by atoms with Crippen LogP contribution >= 0.6 is 0 Å². The number of rotatable bonds is 7. The number of carbonyl (C=O) groups is 2. The largest absolute Gasteiger partial charge is 0.503 e. The summed E-state index contributed by atoms with van der Waals surface area (Å²) in [6.45, 7) is 1.93. The van der Waals surface area contributed by atoms with Crippen molar-refractivity contribution in [3.63, 3.8) is 0 Å². The van der Waals surface area contributed by atoms with E-state index in [2.05, 4.69) is 0 Å². The summed E-state index contributed by atoms with van der Waals surface area (Å²) in [5, 5.41) is 11.8. The van der Waals surface area contributed by atoms with E-state index in [1.54, 1.807) is 42.5 Å². The van der Waals surface area contributed by atoms with Gasteiger partial charge < -0.3 is 23.7 Å². The molecule has 5 rings (SSSR count). The number of benzene rings is 3. The summed E-state index contributed by atoms with van der Waals surface area (Å²) in [4.78, 5) is 28.7. The van der Waals surface area contributed by atoms with Crippen molar-refractivity contribution in [2.24, 2.45) is 0 Å². The molecule has 2 heterocycles. The van der Waals surface area contributed by atoms with Crippen LogP contribution in [0.1, 0.15) is 27.7 Å². The van der Waals surface area contributed by atoms with Gasteiger partial charge in [-0.15, -0.1) is 0 Å². The van der Waals surface area contributed by atoms with E-state index in [0.29, 0.717) is 34.1 Å². The Labute approximate surface area is 213 Å². The van der Waals surface area contributed by atoms with Gasteiger partial charge in [-0.25, -0.2) is 0 Å². The normalized spacial score (nSPS) is 15.4. The lowest BCUT2D eigenvalue weighted by atomic mass is 9.94. The molecule has 37 heavy (non-hydrogen) atoms. The van der Waals surface area contributed by atoms with Gasteiger partial charge in [-0.05, 0) is 48.9 Å². The maximum absolute atomic E-state index is 13.8. The lowest BCUT2D eigenvalue weighted by molar-refractivity contribution is -0.117. The number of anilines is 1. The number of ketones is 1. The fourth-order valence-corrected chi connectivity index (χ4v) is 4.61. The minimum absolute atomic E-state index is 0.0127. The number of nitrogens with zero attached hydrogens (tertiary/aromatic N) is 1. The number of amides is 1. The molecule has 0 saturated carbocycles. The number of hydrogen-bond donors (Lipinski definition) is 1. The smallest absolute Gasteiger partial charge is 0.294 e. The molecular formula is C29H25NO7. The van der Waals surface area contributed by atoms with Crippen molar-refractivity contribution in [2.75, 3.05) is 26.2 Å². The zero-order valence-electron chi connectivity index (χ0n) is 20.8. The third-order valence-corrected chi connectivity index (χ3v) is 6.42. The summed E-state index contributed by atoms with van der Waals surface area (Å²) >= 11 is 0. The Morgan fingerprint density at radius 3 is 2.16 bits per heavy atom. The Hall–Kier alpha value is -4.72. The average molecular weight is 500 g/mol. The van der Waals surface area contributed by atoms with E-state index < -0.39 is 23.5 Å². The highest BCUT2D eigenvalue weighted by atomic mass is 16.5. The Kier molecular flexibility index (Phi) is 6.09. The van der Waals surface area contributed by atoms with Crippen LogP contribution in [0.3, 0.4) is 0 Å². The highest BCUT2D eigenvalue weighted by Crippen LogP contribution is 2.47. The first-order valence-electron chi connectivity index (χ1n) is 11.5. The molecule has 1 N–H and O–H groups in total. The van der Waals surface area contributed by atoms with Gasteiger partial charge in [-0.2, -0.15) is 0 Å². The second kappa shape index (κ2) is 9.39. The standard InChI is InChI=1S/C29H25NO7/c1-16-9-11-19(12-10-16)30-25(18-14-22(34-2)28(36-4)23(15-18)35-3)24(27(32)29(30)33)26(31)21-13-17-7-5-6-8-20(17)37-21/h5-15,25,32H,1-4H3. The van der Waals surface area contributed by atoms with Gasteiger partial charge in [0.05, 0.1) is 32.9 Å². The van der Waals surface area contributed by atoms with Crippen LogP contribution in [-0.4, -0.2) is 38.1 Å². The van der Waals surface area contributed by atoms with Gasteiger partial charge in [-0.3, -0.25) is 14.5 Å². The van der Waals surface area contributed by atoms with Crippen molar-refractivity contribution < 1.29 is 33.3 Å². The van der Waals surface area contributed by atoms with Crippen LogP contribution in [0.4, 0.5) is 5.69 Å². The van der Waals surface area contributed by atoms with Gasteiger partial charge in [0.1, 0.15) is 5.58 Å². The molecule has 8 nitrogen and oxygen atoms in total. The molecule has 1 aromatic heterocycles. The zero-order valence-corrected chi connectivity index (χ0v) is 20.8. The van der Waals surface area contributed by atoms with Crippen LogP contribution in [-0.2, 0) is 4.79 Å². The van der Waals surface area contributed by atoms with E-state index in [0.717, 1.165) is 10.9 Å². The van der Waals surface area contributed by atoms with Gasteiger partial charge in [0.15, 0.2) is 23.0 Å². The highest BCUT2D eigenvalue weighted by molar-refractivity contribution is 6.20. The molecule has 3 aromatic carbocycles. The number of carbonyl (C=O) groups excluding carboxylic acids is 2. The Morgan fingerprint density at radius 1 is 0.919 bits per heavy atom. The number of fused-ring (bicyclic) bond motifs is 1. The summed E-state index contributed by atoms with van der Waals surface area (Å²) in [5.41, 5.74) is 2.39. The van der Waals surface area contributed by atoms with E-state index in [4.69, 9.17) is 18.6 Å². The first kappa shape index (κ1) is 24.0. The molecule has 1 aliphatic heterocycles. The molecule has 0 spiro atoms. The Balaban J connectivity index is 1.72. The van der Waals surface area contributed by atoms with Crippen LogP contribution < -0.4 is 19.1 Å². The first-order chi connectivity index (χ1) is 17.9. The van der Waals surface area contributed by atoms with Crippen molar-refractivity contribution in [3.05, 3.63) is 94.9 Å². The predicted molar refractivity (Wildman–Crippen MR) is 138 cm³/mol. The summed E-state index contributed by atoms with van der Waals surface area (Å²) in [6, 6.07) is 18.3. The Bertz CT molecular complexity index is 1490. The van der Waals surface area contributed by atoms with Gasteiger partial charge in [0.25, 0.3) is 5.91 Å². The number of para-hydroxylation sites is 1. The second-order valence-corrected chi connectivity index (χ2v) is 8.61. The third kappa shape index (κ3) is 3.96. The number of aliphatic hydroxyl groups is 1. The van der Waals surface area contributed by atoms with Crippen LogP contribution in [0.25, 0.3) is 11.0 Å². The second-order valence-electron chi connectivity index (χ2n) is 8.61. The maximum Gasteiger partial charge on any atom is 0.294 e. The van der Waals surface area contributed by atoms with Crippen LogP contribution in [0, 0.1) is 6.92 Å². The molecule has 1 aliphatic rings. The molecular weight excluding hydrogens is 474 g/mol. The molecule has 0 bridgehead atoms. The fraction of sp³-hybridized carbons (Fsp3) is 0.172. The van der Waals surface area contributed by atoms with E-state index in [-0.39, 0.29) is 11.3 Å². The van der Waals surface area contributed by atoms with Gasteiger partial charge in [0.2, 0.25) is 11.5 Å². The number of hydrogen-bond acceptors (Lipinski definition) is 7. The van der Waals surface area contributed by atoms with Crippen molar-refractivity contribution in [1.29, 1.82) is 0 Å². The van der Waals surface area contributed by atoms with Gasteiger partial charge >= 0.3 is 0 Å². The fourth-order valence-electron chi connectivity index (χ4n) is 4.61. The number of ether oxygens (including phenoxy) is 3. The first-order valence-corrected chi connectivity index (χ1v) is 11.5. The summed E-state index contributed by atoms with van der Waals surface area (Å²) in [7, 11) is 4.44. The van der Waals surface area contributed by atoms with Crippen molar-refractivity contribution in [1.82, 2.24) is 0 Å². The number of furan rings is 1. The number of methoxy groups -OCH3 is 3. The van der Waals surface area contributed by atoms with Crippen LogP contribution in [0.15, 0.2) is 82.5 Å². The van der Waals surface area contributed by atoms with Gasteiger partial charge in [0, 0.05) is 11.1 Å². The SMILES string of the molecule is COc1cc(C2C(C(=O)c3cc4ccccc4o3)=C(O)C(=O)N2c2ccc(C)cc2)cc(OC)c1OC. The summed E-state index contributed by atoms with van der Waals surface area (Å²) in [6.07, 6.45) is 0. The molecule has 1 atom stereocenters. The van der Waals surface area contributed by atoms with E-state index in [9.17, 15) is 14.7 Å². The lowest BCUT2D eigenvalue weighted by Crippen LogP contribution is -2.31. The number of aliphatic hydroxyl groups excluding tert-OH is 1. The van der Waals surface area contributed by atoms with E-state index in [1.165, 1.54) is 26.2 Å². The van der Waals surface area contributed by atoms with E-state index >= 15 is 0 Å². The molecule has 8 heteroatoms. The number of Topliss-reactive ketones (excluding diaryl/α,β-unsaturated/α-hetero) is 1. The molecule has 0 fully saturated rings. The molecule has 188 valence electrons. The molecule has 4 aromatic rings. The molecule has 0 aliphatic carbocycles.